The van der Waals surface area contributed by atoms with Crippen LogP contribution in [0.15, 0.2) is 47.6 Å². The van der Waals surface area contributed by atoms with E-state index in [2.05, 4.69) is 30.8 Å². The van der Waals surface area contributed by atoms with Crippen molar-refractivity contribution >= 4 is 47.0 Å². The molecule has 3 N–H and O–H groups in total. The number of morpholine rings is 1. The molecule has 0 saturated carbocycles. The number of benzene rings is 2. The summed E-state index contributed by atoms with van der Waals surface area (Å²) in [5, 5.41) is 28.5. The highest BCUT2D eigenvalue weighted by molar-refractivity contribution is 6.30. The Kier molecular flexibility index (Phi) is 6.76. The van der Waals surface area contributed by atoms with Crippen LogP contribution in [0.2, 0.25) is 5.02 Å². The third-order valence-electron chi connectivity index (χ3n) is 4.59. The maximum Gasteiger partial charge on any atom is 0.271 e. The molecule has 12 nitrogen and oxygen atoms in total. The Labute approximate surface area is 193 Å². The summed E-state index contributed by atoms with van der Waals surface area (Å²) in [6.45, 7) is 2.27. The first-order chi connectivity index (χ1) is 16.0. The van der Waals surface area contributed by atoms with Gasteiger partial charge in [-0.15, -0.1) is 0 Å². The van der Waals surface area contributed by atoms with Crippen LogP contribution in [0.3, 0.4) is 0 Å². The summed E-state index contributed by atoms with van der Waals surface area (Å²) in [6.07, 6.45) is 1.38. The Bertz CT molecular complexity index is 1190. The summed E-state index contributed by atoms with van der Waals surface area (Å²) < 4.78 is 5.38. The van der Waals surface area contributed by atoms with Crippen molar-refractivity contribution in [3.05, 3.63) is 63.2 Å². The van der Waals surface area contributed by atoms with Crippen LogP contribution in [0.5, 0.6) is 5.75 Å². The lowest BCUT2D eigenvalue weighted by atomic mass is 10.2. The SMILES string of the molecule is O=[N+]([O-])c1cccc(Nc2nc(NN=Cc3cc(Cl)ccc3O)nc(N3CCOCC3)n2)c1. The summed E-state index contributed by atoms with van der Waals surface area (Å²) in [7, 11) is 0. The molecule has 33 heavy (non-hydrogen) atoms. The molecule has 1 aliphatic heterocycles. The normalized spacial score (nSPS) is 13.8. The number of hydrazone groups is 1. The van der Waals surface area contributed by atoms with E-state index in [0.29, 0.717) is 48.5 Å². The van der Waals surface area contributed by atoms with Gasteiger partial charge >= 0.3 is 0 Å². The van der Waals surface area contributed by atoms with Gasteiger partial charge in [-0.25, -0.2) is 5.43 Å². The van der Waals surface area contributed by atoms with E-state index >= 15 is 0 Å². The molecule has 0 radical (unpaired) electrons. The number of non-ortho nitro benzene ring substituents is 1. The predicted octanol–water partition coefficient (Wildman–Crippen LogP) is 3.17. The number of halogens is 1. The van der Waals surface area contributed by atoms with Crippen molar-refractivity contribution in [3.63, 3.8) is 0 Å². The van der Waals surface area contributed by atoms with Gasteiger partial charge in [0.1, 0.15) is 5.75 Å². The molecule has 1 aromatic heterocycles. The monoisotopic (exact) mass is 470 g/mol. The highest BCUT2D eigenvalue weighted by atomic mass is 35.5. The molecule has 0 unspecified atom stereocenters. The van der Waals surface area contributed by atoms with Gasteiger partial charge in [0.15, 0.2) is 0 Å². The van der Waals surface area contributed by atoms with E-state index in [9.17, 15) is 15.2 Å². The quantitative estimate of drug-likeness (QED) is 0.266. The first-order valence-electron chi connectivity index (χ1n) is 9.86. The number of aromatic nitrogens is 3. The van der Waals surface area contributed by atoms with Crippen LogP contribution in [0.4, 0.5) is 29.2 Å². The van der Waals surface area contributed by atoms with Crippen LogP contribution in [-0.2, 0) is 4.74 Å². The van der Waals surface area contributed by atoms with Gasteiger partial charge in [0, 0.05) is 41.5 Å². The number of nitro benzene ring substituents is 1. The molecule has 0 spiro atoms. The summed E-state index contributed by atoms with van der Waals surface area (Å²) in [6, 6.07) is 10.6. The summed E-state index contributed by atoms with van der Waals surface area (Å²) in [5.74, 6) is 0.722. The number of anilines is 4. The van der Waals surface area contributed by atoms with Gasteiger partial charge in [-0.05, 0) is 24.3 Å². The molecule has 1 aliphatic rings. The Balaban J connectivity index is 1.60. The van der Waals surface area contributed by atoms with Crippen molar-refractivity contribution in [2.75, 3.05) is 41.9 Å². The molecule has 0 atom stereocenters. The average molecular weight is 471 g/mol. The molecule has 4 rings (SSSR count). The van der Waals surface area contributed by atoms with Crippen molar-refractivity contribution in [2.24, 2.45) is 5.10 Å². The third-order valence-corrected chi connectivity index (χ3v) is 4.82. The average Bonchev–Trinajstić information content (AvgIpc) is 2.82. The number of aromatic hydroxyl groups is 1. The lowest BCUT2D eigenvalue weighted by molar-refractivity contribution is -0.384. The maximum atomic E-state index is 11.1. The summed E-state index contributed by atoms with van der Waals surface area (Å²) in [4.78, 5) is 25.7. The standard InChI is InChI=1S/C20H19ClN8O4/c21-14-4-5-17(30)13(10-14)12-22-27-19-24-18(23-15-2-1-3-16(11-15)29(31)32)25-20(26-19)28-6-8-33-9-7-28/h1-5,10-12,30H,6-9H2,(H2,23,24,25,26,27). The van der Waals surface area contributed by atoms with E-state index in [1.165, 1.54) is 24.4 Å². The smallest absolute Gasteiger partial charge is 0.271 e. The first-order valence-corrected chi connectivity index (χ1v) is 10.2. The Hall–Kier alpha value is -4.03. The minimum Gasteiger partial charge on any atom is -0.507 e. The Morgan fingerprint density at radius 2 is 1.94 bits per heavy atom. The van der Waals surface area contributed by atoms with Crippen LogP contribution in [0.25, 0.3) is 0 Å². The van der Waals surface area contributed by atoms with E-state index in [1.807, 2.05) is 4.90 Å². The second kappa shape index (κ2) is 10.1. The zero-order valence-corrected chi connectivity index (χ0v) is 17.9. The zero-order chi connectivity index (χ0) is 23.2. The second-order valence-corrected chi connectivity index (χ2v) is 7.32. The molecule has 0 bridgehead atoms. The lowest BCUT2D eigenvalue weighted by Gasteiger charge is -2.27. The molecular weight excluding hydrogens is 452 g/mol. The fourth-order valence-corrected chi connectivity index (χ4v) is 3.17. The number of hydrogen-bond donors (Lipinski definition) is 3. The second-order valence-electron chi connectivity index (χ2n) is 6.89. The van der Waals surface area contributed by atoms with E-state index in [-0.39, 0.29) is 23.3 Å². The number of ether oxygens (including phenoxy) is 1. The van der Waals surface area contributed by atoms with E-state index in [1.54, 1.807) is 24.3 Å². The summed E-state index contributed by atoms with van der Waals surface area (Å²) in [5.41, 5.74) is 3.51. The highest BCUT2D eigenvalue weighted by Crippen LogP contribution is 2.23. The van der Waals surface area contributed by atoms with Gasteiger partial charge in [0.25, 0.3) is 5.69 Å². The Morgan fingerprint density at radius 3 is 2.73 bits per heavy atom. The van der Waals surface area contributed by atoms with E-state index < -0.39 is 4.92 Å². The minimum absolute atomic E-state index is 0.0163. The molecule has 2 heterocycles. The fraction of sp³-hybridized carbons (Fsp3) is 0.200. The van der Waals surface area contributed by atoms with Crippen LogP contribution in [-0.4, -0.2) is 57.5 Å². The van der Waals surface area contributed by atoms with Crippen molar-refractivity contribution < 1.29 is 14.8 Å². The first kappa shape index (κ1) is 22.2. The van der Waals surface area contributed by atoms with Gasteiger partial charge in [0.2, 0.25) is 17.8 Å². The van der Waals surface area contributed by atoms with Crippen LogP contribution >= 0.6 is 11.6 Å². The molecule has 1 fully saturated rings. The molecule has 0 amide bonds. The van der Waals surface area contributed by atoms with E-state index in [4.69, 9.17) is 16.3 Å². The number of nitro groups is 1. The topological polar surface area (TPSA) is 151 Å². The maximum absolute atomic E-state index is 11.1. The van der Waals surface area contributed by atoms with Gasteiger partial charge in [-0.3, -0.25) is 10.1 Å². The van der Waals surface area contributed by atoms with Crippen molar-refractivity contribution in [1.29, 1.82) is 0 Å². The number of phenols is 1. The molecule has 170 valence electrons. The highest BCUT2D eigenvalue weighted by Gasteiger charge is 2.17. The fourth-order valence-electron chi connectivity index (χ4n) is 2.99. The van der Waals surface area contributed by atoms with Crippen LogP contribution in [0, 0.1) is 10.1 Å². The number of rotatable bonds is 7. The molecule has 2 aromatic carbocycles. The molecular formula is C20H19ClN8O4. The van der Waals surface area contributed by atoms with Gasteiger partial charge in [-0.2, -0.15) is 20.1 Å². The lowest BCUT2D eigenvalue weighted by Crippen LogP contribution is -2.37. The molecule has 0 aliphatic carbocycles. The van der Waals surface area contributed by atoms with Crippen molar-refractivity contribution in [3.8, 4) is 5.75 Å². The summed E-state index contributed by atoms with van der Waals surface area (Å²) >= 11 is 5.96. The molecule has 1 saturated heterocycles. The van der Waals surface area contributed by atoms with Crippen LogP contribution in [0.1, 0.15) is 5.56 Å². The van der Waals surface area contributed by atoms with Crippen LogP contribution < -0.4 is 15.6 Å². The third kappa shape index (κ3) is 5.81. The van der Waals surface area contributed by atoms with Gasteiger partial charge < -0.3 is 20.1 Å². The zero-order valence-electron chi connectivity index (χ0n) is 17.2. The number of nitrogens with zero attached hydrogens (tertiary/aromatic N) is 6. The molecule has 13 heteroatoms. The van der Waals surface area contributed by atoms with Gasteiger partial charge in [-0.1, -0.05) is 17.7 Å². The van der Waals surface area contributed by atoms with Gasteiger partial charge in [0.05, 0.1) is 24.4 Å². The predicted molar refractivity (Wildman–Crippen MR) is 124 cm³/mol. The van der Waals surface area contributed by atoms with E-state index in [0.717, 1.165) is 0 Å². The van der Waals surface area contributed by atoms with Crippen molar-refractivity contribution in [1.82, 2.24) is 15.0 Å². The number of nitrogens with one attached hydrogen (secondary N) is 2. The minimum atomic E-state index is -0.481. The van der Waals surface area contributed by atoms with Crippen molar-refractivity contribution in [2.45, 2.75) is 0 Å². The number of phenolic OH excluding ortho intramolecular Hbond substituents is 1. The number of hydrogen-bond acceptors (Lipinski definition) is 11. The largest absolute Gasteiger partial charge is 0.507 e. The Morgan fingerprint density at radius 1 is 1.15 bits per heavy atom. The molecule has 3 aromatic rings.